The molecule has 1 aromatic carbocycles. The molecule has 10 heteroatoms. The quantitative estimate of drug-likeness (QED) is 0.625. The standard InChI is InChI=1S/C20H24N2O7S/c1-27-19(23)14-10-15(20(24)28-2)12-16(11-14)30(25,26)21-13-17(18-6-5-9-29-18)22-7-3-4-8-22/h5-6,9-12,17,21H,3-4,7-8,13H2,1-2H3. The van der Waals surface area contributed by atoms with Crippen molar-refractivity contribution in [1.29, 1.82) is 0 Å². The van der Waals surface area contributed by atoms with Crippen LogP contribution >= 0.6 is 0 Å². The Kier molecular flexibility index (Phi) is 6.91. The molecule has 1 fully saturated rings. The molecular formula is C20H24N2O7S. The summed E-state index contributed by atoms with van der Waals surface area (Å²) in [5.41, 5.74) is -0.134. The highest BCUT2D eigenvalue weighted by Gasteiger charge is 2.28. The first-order valence-electron chi connectivity index (χ1n) is 9.44. The van der Waals surface area contributed by atoms with Gasteiger partial charge in [-0.3, -0.25) is 4.90 Å². The maximum Gasteiger partial charge on any atom is 0.337 e. The smallest absolute Gasteiger partial charge is 0.337 e. The second-order valence-corrected chi connectivity index (χ2v) is 8.62. The molecule has 2 aromatic rings. The fraction of sp³-hybridized carbons (Fsp3) is 0.400. The van der Waals surface area contributed by atoms with E-state index in [1.807, 2.05) is 6.07 Å². The lowest BCUT2D eigenvalue weighted by Crippen LogP contribution is -2.36. The molecule has 0 saturated carbocycles. The Balaban J connectivity index is 1.88. The maximum atomic E-state index is 13.0. The van der Waals surface area contributed by atoms with E-state index in [1.54, 1.807) is 12.3 Å². The molecule has 0 bridgehead atoms. The first-order chi connectivity index (χ1) is 14.4. The van der Waals surface area contributed by atoms with Gasteiger partial charge in [0, 0.05) is 6.54 Å². The second kappa shape index (κ2) is 9.41. The van der Waals surface area contributed by atoms with Gasteiger partial charge >= 0.3 is 11.9 Å². The summed E-state index contributed by atoms with van der Waals surface area (Å²) in [7, 11) is -1.70. The Bertz CT molecular complexity index is 962. The van der Waals surface area contributed by atoms with Gasteiger partial charge in [-0.25, -0.2) is 22.7 Å². The van der Waals surface area contributed by atoms with Crippen LogP contribution in [0, 0.1) is 0 Å². The molecule has 1 aromatic heterocycles. The molecule has 0 amide bonds. The Labute approximate surface area is 175 Å². The zero-order chi connectivity index (χ0) is 21.7. The predicted octanol–water partition coefficient (Wildman–Crippen LogP) is 1.97. The number of rotatable bonds is 8. The Hall–Kier alpha value is -2.69. The van der Waals surface area contributed by atoms with E-state index in [0.29, 0.717) is 5.76 Å². The van der Waals surface area contributed by atoms with Crippen molar-refractivity contribution in [1.82, 2.24) is 9.62 Å². The van der Waals surface area contributed by atoms with Crippen molar-refractivity contribution in [2.45, 2.75) is 23.8 Å². The van der Waals surface area contributed by atoms with Crippen LogP contribution in [0.2, 0.25) is 0 Å². The summed E-state index contributed by atoms with van der Waals surface area (Å²) in [5.74, 6) is -0.858. The molecule has 1 atom stereocenters. The van der Waals surface area contributed by atoms with Crippen LogP contribution in [0.15, 0.2) is 45.9 Å². The Morgan fingerprint density at radius 1 is 1.10 bits per heavy atom. The molecule has 0 spiro atoms. The number of likely N-dealkylation sites (tertiary alicyclic amines) is 1. The van der Waals surface area contributed by atoms with E-state index in [9.17, 15) is 18.0 Å². The number of hydrogen-bond donors (Lipinski definition) is 1. The predicted molar refractivity (Wildman–Crippen MR) is 107 cm³/mol. The zero-order valence-electron chi connectivity index (χ0n) is 16.8. The summed E-state index contributed by atoms with van der Waals surface area (Å²) >= 11 is 0. The molecule has 1 unspecified atom stereocenters. The first-order valence-corrected chi connectivity index (χ1v) is 10.9. The first kappa shape index (κ1) is 22.0. The molecule has 30 heavy (non-hydrogen) atoms. The van der Waals surface area contributed by atoms with Crippen LogP contribution in [0.25, 0.3) is 0 Å². The van der Waals surface area contributed by atoms with Gasteiger partial charge in [-0.2, -0.15) is 0 Å². The van der Waals surface area contributed by atoms with Crippen molar-refractivity contribution >= 4 is 22.0 Å². The van der Waals surface area contributed by atoms with Gasteiger partial charge in [0.25, 0.3) is 0 Å². The molecule has 0 aliphatic carbocycles. The lowest BCUT2D eigenvalue weighted by atomic mass is 10.1. The van der Waals surface area contributed by atoms with Crippen molar-refractivity contribution in [3.05, 3.63) is 53.5 Å². The minimum atomic E-state index is -4.04. The average Bonchev–Trinajstić information content (AvgIpc) is 3.47. The molecule has 2 heterocycles. The van der Waals surface area contributed by atoms with Crippen LogP contribution in [0.5, 0.6) is 0 Å². The highest BCUT2D eigenvalue weighted by molar-refractivity contribution is 7.89. The van der Waals surface area contributed by atoms with E-state index >= 15 is 0 Å². The SMILES string of the molecule is COC(=O)c1cc(C(=O)OC)cc(S(=O)(=O)NCC(c2ccco2)N2CCCC2)c1. The molecule has 162 valence electrons. The third-order valence-corrected chi connectivity index (χ3v) is 6.38. The summed E-state index contributed by atoms with van der Waals surface area (Å²) in [6.07, 6.45) is 3.62. The van der Waals surface area contributed by atoms with Crippen molar-refractivity contribution < 1.29 is 31.9 Å². The number of sulfonamides is 1. The minimum absolute atomic E-state index is 0.0668. The Morgan fingerprint density at radius 3 is 2.20 bits per heavy atom. The summed E-state index contributed by atoms with van der Waals surface area (Å²) in [4.78, 5) is 25.8. The van der Waals surface area contributed by atoms with E-state index in [0.717, 1.165) is 25.9 Å². The van der Waals surface area contributed by atoms with Crippen molar-refractivity contribution in [3.63, 3.8) is 0 Å². The number of furan rings is 1. The zero-order valence-corrected chi connectivity index (χ0v) is 17.6. The number of esters is 2. The van der Waals surface area contributed by atoms with Gasteiger partial charge in [0.15, 0.2) is 0 Å². The summed E-state index contributed by atoms with van der Waals surface area (Å²) < 4.78 is 43.4. The van der Waals surface area contributed by atoms with Gasteiger partial charge in [0.1, 0.15) is 5.76 Å². The monoisotopic (exact) mass is 436 g/mol. The normalized spacial score (nSPS) is 15.7. The molecule has 9 nitrogen and oxygen atoms in total. The lowest BCUT2D eigenvalue weighted by molar-refractivity contribution is 0.0598. The van der Waals surface area contributed by atoms with Crippen LogP contribution in [-0.4, -0.2) is 59.1 Å². The lowest BCUT2D eigenvalue weighted by Gasteiger charge is -2.26. The van der Waals surface area contributed by atoms with E-state index in [-0.39, 0.29) is 28.6 Å². The van der Waals surface area contributed by atoms with Gasteiger partial charge < -0.3 is 13.9 Å². The summed E-state index contributed by atoms with van der Waals surface area (Å²) in [6, 6.07) is 6.87. The third-order valence-electron chi connectivity index (χ3n) is 4.98. The molecule has 3 rings (SSSR count). The third kappa shape index (κ3) is 4.89. The topological polar surface area (TPSA) is 115 Å². The Morgan fingerprint density at radius 2 is 1.70 bits per heavy atom. The number of hydrogen-bond acceptors (Lipinski definition) is 8. The number of benzene rings is 1. The number of nitrogens with one attached hydrogen (secondary N) is 1. The van der Waals surface area contributed by atoms with Crippen LogP contribution in [0.3, 0.4) is 0 Å². The fourth-order valence-electron chi connectivity index (χ4n) is 3.44. The average molecular weight is 436 g/mol. The van der Waals surface area contributed by atoms with Gasteiger partial charge in [0.05, 0.1) is 42.5 Å². The van der Waals surface area contributed by atoms with Gasteiger partial charge in [-0.15, -0.1) is 0 Å². The second-order valence-electron chi connectivity index (χ2n) is 6.86. The van der Waals surface area contributed by atoms with Crippen LogP contribution in [0.1, 0.15) is 45.4 Å². The summed E-state index contributed by atoms with van der Waals surface area (Å²) in [6.45, 7) is 1.76. The van der Waals surface area contributed by atoms with Crippen LogP contribution in [0.4, 0.5) is 0 Å². The molecular weight excluding hydrogens is 412 g/mol. The van der Waals surface area contributed by atoms with Gasteiger partial charge in [-0.05, 0) is 56.3 Å². The molecule has 1 aliphatic rings. The molecule has 1 saturated heterocycles. The van der Waals surface area contributed by atoms with E-state index < -0.39 is 22.0 Å². The highest BCUT2D eigenvalue weighted by Crippen LogP contribution is 2.26. The number of ether oxygens (including phenoxy) is 2. The molecule has 1 N–H and O–H groups in total. The number of carbonyl (C=O) groups is 2. The molecule has 1 aliphatic heterocycles. The number of methoxy groups -OCH3 is 2. The van der Waals surface area contributed by atoms with E-state index in [1.165, 1.54) is 32.4 Å². The van der Waals surface area contributed by atoms with Crippen molar-refractivity contribution in [3.8, 4) is 0 Å². The van der Waals surface area contributed by atoms with Crippen LogP contribution < -0.4 is 4.72 Å². The van der Waals surface area contributed by atoms with Gasteiger partial charge in [-0.1, -0.05) is 0 Å². The number of carbonyl (C=O) groups excluding carboxylic acids is 2. The van der Waals surface area contributed by atoms with Crippen LogP contribution in [-0.2, 0) is 19.5 Å². The van der Waals surface area contributed by atoms with E-state index in [2.05, 4.69) is 19.1 Å². The highest BCUT2D eigenvalue weighted by atomic mass is 32.2. The van der Waals surface area contributed by atoms with Crippen molar-refractivity contribution in [2.75, 3.05) is 33.9 Å². The number of nitrogens with zero attached hydrogens (tertiary/aromatic N) is 1. The maximum absolute atomic E-state index is 13.0. The minimum Gasteiger partial charge on any atom is -0.468 e. The largest absolute Gasteiger partial charge is 0.468 e. The van der Waals surface area contributed by atoms with E-state index in [4.69, 9.17) is 4.42 Å². The van der Waals surface area contributed by atoms with Crippen molar-refractivity contribution in [2.24, 2.45) is 0 Å². The van der Waals surface area contributed by atoms with Gasteiger partial charge in [0.2, 0.25) is 10.0 Å². The summed E-state index contributed by atoms with van der Waals surface area (Å²) in [5, 5.41) is 0. The molecule has 0 radical (unpaired) electrons. The fourth-order valence-corrected chi connectivity index (χ4v) is 4.55.